The van der Waals surface area contributed by atoms with Crippen LogP contribution in [0.3, 0.4) is 0 Å². The first-order chi connectivity index (χ1) is 34.2. The van der Waals surface area contributed by atoms with Crippen LogP contribution in [0, 0.1) is 5.92 Å². The quantitative estimate of drug-likeness (QED) is 0.0343. The van der Waals surface area contributed by atoms with Crippen LogP contribution in [-0.2, 0) is 23.9 Å². The van der Waals surface area contributed by atoms with E-state index in [1.165, 1.54) is 180 Å². The molecule has 412 valence electrons. The van der Waals surface area contributed by atoms with Crippen molar-refractivity contribution in [2.45, 2.75) is 324 Å². The second-order valence-electron chi connectivity index (χ2n) is 21.0. The van der Waals surface area contributed by atoms with Crippen molar-refractivity contribution in [1.82, 2.24) is 4.90 Å². The number of nitrogens with zero attached hydrogens (tertiary/aromatic N) is 2. The number of rotatable bonds is 45. The Morgan fingerprint density at radius 2 is 1.14 bits per heavy atom. The van der Waals surface area contributed by atoms with Gasteiger partial charge in [-0.2, -0.15) is 0 Å². The van der Waals surface area contributed by atoms with Gasteiger partial charge in [0.15, 0.2) is 0 Å². The molecule has 2 rings (SSSR count). The van der Waals surface area contributed by atoms with Crippen molar-refractivity contribution < 1.29 is 23.9 Å². The fraction of sp³-hybridized carbons (Fsp3) is 0.873. The number of allylic oxidation sites excluding steroid dienone is 2. The monoisotopic (exact) mass is 985 g/mol. The molecule has 0 aliphatic carbocycles. The molecule has 0 spiro atoms. The first-order valence-corrected chi connectivity index (χ1v) is 30.5. The van der Waals surface area contributed by atoms with Gasteiger partial charge in [-0.25, -0.2) is 0 Å². The molecule has 0 bridgehead atoms. The molecule has 7 heteroatoms. The summed E-state index contributed by atoms with van der Waals surface area (Å²) < 4.78 is 12.1. The van der Waals surface area contributed by atoms with E-state index in [4.69, 9.17) is 9.47 Å². The lowest BCUT2D eigenvalue weighted by molar-refractivity contribution is -0.150. The Labute approximate surface area is 436 Å². The number of likely N-dealkylation sites (tertiary alicyclic amines) is 1. The second kappa shape index (κ2) is 57.8. The Balaban J connectivity index is 0. The molecule has 2 aliphatic rings. The standard InChI is InChI=1S/C38H73NO4.C13H26.C7H14O.C5H7N/c1-5-7-9-11-14-20-26-37(27-21-15-12-10-8-6-2)43-38(41)28-22-16-13-17-24-30-42-33-36-31-34(3)32-39(36)29-23-18-19-25-35(4)40;1-3-5-7-9-11-13-12-10-8-6-4-2;1-3-5-6-7(8)4-2;1-2-4-6-5-3-1/h34,36-37H,5-33H2,1-4H3;3H,1,4-13H2,2H3;3-6H2,1-2H3;2,4-5H,1,3H2/t34?,36-;;;/m0.../s1. The van der Waals surface area contributed by atoms with Crippen LogP contribution in [-0.4, -0.2) is 67.1 Å². The van der Waals surface area contributed by atoms with Crippen LogP contribution >= 0.6 is 0 Å². The zero-order valence-corrected chi connectivity index (χ0v) is 48.0. The minimum atomic E-state index is 0.0273. The van der Waals surface area contributed by atoms with E-state index >= 15 is 0 Å². The van der Waals surface area contributed by atoms with Gasteiger partial charge in [-0.3, -0.25) is 19.5 Å². The van der Waals surface area contributed by atoms with Gasteiger partial charge in [-0.05, 0) is 109 Å². The first kappa shape index (κ1) is 70.0. The van der Waals surface area contributed by atoms with E-state index in [2.05, 4.69) is 57.2 Å². The minimum absolute atomic E-state index is 0.0273. The molecule has 2 aliphatic heterocycles. The number of Topliss-reactive ketones (excluding diaryl/α,β-unsaturated/α-hetero) is 2. The van der Waals surface area contributed by atoms with E-state index in [0.29, 0.717) is 30.4 Å². The third kappa shape index (κ3) is 53.7. The van der Waals surface area contributed by atoms with Crippen molar-refractivity contribution in [3.8, 4) is 0 Å². The SMILES string of the molecule is C1=CN=CCC1.C=CCCCCCCCCCCC.CCCCC(=O)CC.CCCCCCCCC(CCCCCCCC)OC(=O)CCCCCCCOC[C@@H]1CC(C)CN1CCCCCC(C)=O. The summed E-state index contributed by atoms with van der Waals surface area (Å²) in [6.45, 7) is 22.6. The van der Waals surface area contributed by atoms with Crippen LogP contribution in [0.5, 0.6) is 0 Å². The van der Waals surface area contributed by atoms with Crippen LogP contribution in [0.15, 0.2) is 29.9 Å². The summed E-state index contributed by atoms with van der Waals surface area (Å²) >= 11 is 0. The lowest BCUT2D eigenvalue weighted by Crippen LogP contribution is -2.34. The highest BCUT2D eigenvalue weighted by Gasteiger charge is 2.29. The summed E-state index contributed by atoms with van der Waals surface area (Å²) in [5.41, 5.74) is 0. The van der Waals surface area contributed by atoms with Gasteiger partial charge in [0.25, 0.3) is 0 Å². The number of ether oxygens (including phenoxy) is 2. The zero-order chi connectivity index (χ0) is 51.8. The van der Waals surface area contributed by atoms with Crippen molar-refractivity contribution in [2.24, 2.45) is 10.9 Å². The van der Waals surface area contributed by atoms with Gasteiger partial charge < -0.3 is 14.3 Å². The van der Waals surface area contributed by atoms with Crippen LogP contribution < -0.4 is 0 Å². The number of unbranched alkanes of at least 4 members (excludes halogenated alkanes) is 26. The summed E-state index contributed by atoms with van der Waals surface area (Å²) in [6, 6.07) is 0.555. The normalized spacial score (nSPS) is 15.1. The molecule has 1 saturated heterocycles. The van der Waals surface area contributed by atoms with E-state index < -0.39 is 0 Å². The number of aliphatic imine (C=N–C) groups is 1. The molecule has 70 heavy (non-hydrogen) atoms. The molecule has 0 amide bonds. The predicted molar refractivity (Wildman–Crippen MR) is 306 cm³/mol. The molecule has 2 atom stereocenters. The van der Waals surface area contributed by atoms with Gasteiger partial charge in [-0.1, -0.05) is 201 Å². The summed E-state index contributed by atoms with van der Waals surface area (Å²) in [6.07, 6.45) is 57.0. The van der Waals surface area contributed by atoms with Crippen molar-refractivity contribution in [1.29, 1.82) is 0 Å². The Bertz CT molecular complexity index is 1160. The predicted octanol–water partition coefficient (Wildman–Crippen LogP) is 19.2. The second-order valence-corrected chi connectivity index (χ2v) is 21.0. The lowest BCUT2D eigenvalue weighted by atomic mass is 10.0. The van der Waals surface area contributed by atoms with Gasteiger partial charge in [0.2, 0.25) is 0 Å². The molecule has 0 radical (unpaired) electrons. The highest BCUT2D eigenvalue weighted by atomic mass is 16.5. The maximum Gasteiger partial charge on any atom is 0.306 e. The van der Waals surface area contributed by atoms with Gasteiger partial charge in [0.1, 0.15) is 17.7 Å². The molecule has 2 heterocycles. The van der Waals surface area contributed by atoms with E-state index in [0.717, 1.165) is 103 Å². The fourth-order valence-electron chi connectivity index (χ4n) is 9.18. The van der Waals surface area contributed by atoms with Crippen molar-refractivity contribution in [3.63, 3.8) is 0 Å². The van der Waals surface area contributed by atoms with E-state index in [1.807, 2.05) is 25.4 Å². The summed E-state index contributed by atoms with van der Waals surface area (Å²) in [5, 5.41) is 0. The van der Waals surface area contributed by atoms with E-state index in [-0.39, 0.29) is 12.1 Å². The molecule has 0 aromatic rings. The average Bonchev–Trinajstić information content (AvgIpc) is 3.73. The summed E-state index contributed by atoms with van der Waals surface area (Å²) in [5.74, 6) is 1.48. The molecule has 0 aromatic heterocycles. The molecular formula is C63H120N2O5. The number of ketones is 2. The van der Waals surface area contributed by atoms with Crippen LogP contribution in [0.2, 0.25) is 0 Å². The fourth-order valence-corrected chi connectivity index (χ4v) is 9.18. The summed E-state index contributed by atoms with van der Waals surface area (Å²) in [7, 11) is 0. The number of carbonyl (C=O) groups excluding carboxylic acids is 3. The third-order valence-electron chi connectivity index (χ3n) is 13.7. The van der Waals surface area contributed by atoms with Crippen LogP contribution in [0.1, 0.15) is 312 Å². The van der Waals surface area contributed by atoms with Crippen molar-refractivity contribution >= 4 is 23.8 Å². The maximum absolute atomic E-state index is 12.6. The number of hydrogen-bond acceptors (Lipinski definition) is 7. The Morgan fingerprint density at radius 3 is 1.63 bits per heavy atom. The smallest absolute Gasteiger partial charge is 0.306 e. The lowest BCUT2D eigenvalue weighted by Gasteiger charge is -2.24. The first-order valence-electron chi connectivity index (χ1n) is 30.5. The average molecular weight is 986 g/mol. The van der Waals surface area contributed by atoms with Crippen LogP contribution in [0.25, 0.3) is 0 Å². The van der Waals surface area contributed by atoms with Gasteiger partial charge in [0, 0.05) is 57.3 Å². The largest absolute Gasteiger partial charge is 0.462 e. The van der Waals surface area contributed by atoms with Gasteiger partial charge >= 0.3 is 5.97 Å². The highest BCUT2D eigenvalue weighted by Crippen LogP contribution is 2.24. The number of carbonyl (C=O) groups is 3. The molecule has 7 nitrogen and oxygen atoms in total. The maximum atomic E-state index is 12.6. The van der Waals surface area contributed by atoms with Gasteiger partial charge in [0.05, 0.1) is 6.61 Å². The third-order valence-corrected chi connectivity index (χ3v) is 13.7. The molecule has 1 unspecified atom stereocenters. The van der Waals surface area contributed by atoms with E-state index in [9.17, 15) is 14.4 Å². The Kier molecular flexibility index (Phi) is 57.7. The number of esters is 1. The summed E-state index contributed by atoms with van der Waals surface area (Å²) in [4.78, 5) is 40.8. The molecular weight excluding hydrogens is 865 g/mol. The van der Waals surface area contributed by atoms with Crippen molar-refractivity contribution in [2.75, 3.05) is 26.3 Å². The van der Waals surface area contributed by atoms with Gasteiger partial charge in [-0.15, -0.1) is 6.58 Å². The van der Waals surface area contributed by atoms with Crippen molar-refractivity contribution in [3.05, 3.63) is 24.9 Å². The molecule has 0 N–H and O–H groups in total. The molecule has 0 aromatic carbocycles. The zero-order valence-electron chi connectivity index (χ0n) is 48.0. The topological polar surface area (TPSA) is 85.3 Å². The number of hydrogen-bond donors (Lipinski definition) is 0. The molecule has 0 saturated carbocycles. The Morgan fingerprint density at radius 1 is 0.629 bits per heavy atom. The van der Waals surface area contributed by atoms with E-state index in [1.54, 1.807) is 6.92 Å². The minimum Gasteiger partial charge on any atom is -0.462 e. The highest BCUT2D eigenvalue weighted by molar-refractivity contribution is 5.77. The molecule has 1 fully saturated rings. The van der Waals surface area contributed by atoms with Crippen LogP contribution in [0.4, 0.5) is 0 Å². The Hall–Kier alpha value is -2.12.